The maximum absolute atomic E-state index is 6.07. The van der Waals surface area contributed by atoms with Crippen molar-refractivity contribution in [1.29, 1.82) is 0 Å². The molecule has 0 aromatic carbocycles. The van der Waals surface area contributed by atoms with Gasteiger partial charge in [-0.3, -0.25) is 0 Å². The Labute approximate surface area is 108 Å². The Bertz CT molecular complexity index is 406. The Kier molecular flexibility index (Phi) is 3.87. The molecule has 1 fully saturated rings. The normalized spacial score (nSPS) is 24.7. The first kappa shape index (κ1) is 12.6. The average Bonchev–Trinajstić information content (AvgIpc) is 2.25. The van der Waals surface area contributed by atoms with Gasteiger partial charge in [-0.25, -0.2) is 9.97 Å². The van der Waals surface area contributed by atoms with Crippen LogP contribution < -0.4 is 5.32 Å². The number of halogens is 1. The number of hydrogen-bond donors (Lipinski definition) is 1. The van der Waals surface area contributed by atoms with Crippen LogP contribution in [0.3, 0.4) is 0 Å². The van der Waals surface area contributed by atoms with Crippen molar-refractivity contribution in [2.75, 3.05) is 5.32 Å². The molecule has 0 radical (unpaired) electrons. The molecule has 1 N–H and O–H groups in total. The van der Waals surface area contributed by atoms with Crippen LogP contribution in [0, 0.1) is 19.8 Å². The van der Waals surface area contributed by atoms with Gasteiger partial charge in [0.25, 0.3) is 0 Å². The van der Waals surface area contributed by atoms with Crippen LogP contribution in [0.4, 0.5) is 5.82 Å². The smallest absolute Gasteiger partial charge is 0.137 e. The third-order valence-corrected chi connectivity index (χ3v) is 3.84. The quantitative estimate of drug-likeness (QED) is 0.816. The monoisotopic (exact) mass is 253 g/mol. The molecule has 0 amide bonds. The standard InChI is InChI=1S/C13H20ClN3/c1-8-5-4-6-11(7-8)17-13-9(2)12(14)15-10(3)16-13/h8,11H,4-7H2,1-3H3,(H,15,16,17). The number of rotatable bonds is 2. The highest BCUT2D eigenvalue weighted by atomic mass is 35.5. The van der Waals surface area contributed by atoms with Crippen molar-refractivity contribution < 1.29 is 0 Å². The number of anilines is 1. The summed E-state index contributed by atoms with van der Waals surface area (Å²) in [5, 5.41) is 4.08. The van der Waals surface area contributed by atoms with E-state index in [0.29, 0.717) is 11.2 Å². The summed E-state index contributed by atoms with van der Waals surface area (Å²) >= 11 is 6.07. The summed E-state index contributed by atoms with van der Waals surface area (Å²) in [6, 6.07) is 0.530. The van der Waals surface area contributed by atoms with E-state index < -0.39 is 0 Å². The van der Waals surface area contributed by atoms with E-state index in [0.717, 1.165) is 23.1 Å². The summed E-state index contributed by atoms with van der Waals surface area (Å²) in [6.45, 7) is 6.16. The first-order chi connectivity index (χ1) is 8.06. The highest BCUT2D eigenvalue weighted by Crippen LogP contribution is 2.27. The molecular weight excluding hydrogens is 234 g/mol. The minimum Gasteiger partial charge on any atom is -0.367 e. The fourth-order valence-corrected chi connectivity index (χ4v) is 2.71. The Morgan fingerprint density at radius 2 is 2.00 bits per heavy atom. The van der Waals surface area contributed by atoms with Crippen molar-refractivity contribution >= 4 is 17.4 Å². The predicted octanol–water partition coefficient (Wildman–Crippen LogP) is 3.74. The second-order valence-electron chi connectivity index (χ2n) is 5.15. The van der Waals surface area contributed by atoms with Gasteiger partial charge in [0.05, 0.1) is 0 Å². The average molecular weight is 254 g/mol. The SMILES string of the molecule is Cc1nc(Cl)c(C)c(NC2CCCC(C)C2)n1. The third-order valence-electron chi connectivity index (χ3n) is 3.48. The molecule has 0 saturated heterocycles. The Morgan fingerprint density at radius 3 is 2.71 bits per heavy atom. The van der Waals surface area contributed by atoms with E-state index in [1.54, 1.807) is 0 Å². The zero-order valence-electron chi connectivity index (χ0n) is 10.8. The van der Waals surface area contributed by atoms with Crippen LogP contribution in [0.5, 0.6) is 0 Å². The van der Waals surface area contributed by atoms with Gasteiger partial charge in [-0.05, 0) is 32.6 Å². The molecule has 1 aliphatic rings. The molecule has 0 bridgehead atoms. The molecule has 3 nitrogen and oxygen atoms in total. The topological polar surface area (TPSA) is 37.8 Å². The zero-order valence-corrected chi connectivity index (χ0v) is 11.5. The van der Waals surface area contributed by atoms with E-state index >= 15 is 0 Å². The Morgan fingerprint density at radius 1 is 1.24 bits per heavy atom. The summed E-state index contributed by atoms with van der Waals surface area (Å²) in [6.07, 6.45) is 5.10. The van der Waals surface area contributed by atoms with Gasteiger partial charge in [0.15, 0.2) is 0 Å². The van der Waals surface area contributed by atoms with E-state index in [9.17, 15) is 0 Å². The lowest BCUT2D eigenvalue weighted by molar-refractivity contribution is 0.358. The van der Waals surface area contributed by atoms with E-state index in [4.69, 9.17) is 11.6 Å². The van der Waals surface area contributed by atoms with Crippen LogP contribution in [0.1, 0.15) is 44.0 Å². The molecule has 1 saturated carbocycles. The fourth-order valence-electron chi connectivity index (χ4n) is 2.49. The van der Waals surface area contributed by atoms with Gasteiger partial charge in [-0.15, -0.1) is 0 Å². The van der Waals surface area contributed by atoms with Crippen LogP contribution in [0.15, 0.2) is 0 Å². The van der Waals surface area contributed by atoms with Crippen molar-refractivity contribution in [1.82, 2.24) is 9.97 Å². The maximum atomic E-state index is 6.07. The second kappa shape index (κ2) is 5.21. The van der Waals surface area contributed by atoms with Gasteiger partial charge in [0.1, 0.15) is 16.8 Å². The summed E-state index contributed by atoms with van der Waals surface area (Å²) in [5.74, 6) is 2.44. The number of nitrogens with zero attached hydrogens (tertiary/aromatic N) is 2. The van der Waals surface area contributed by atoms with Gasteiger partial charge in [0, 0.05) is 11.6 Å². The molecule has 1 aromatic heterocycles. The minimum absolute atomic E-state index is 0.530. The van der Waals surface area contributed by atoms with Crippen LogP contribution in [0.2, 0.25) is 5.15 Å². The van der Waals surface area contributed by atoms with E-state index in [1.807, 2.05) is 13.8 Å². The van der Waals surface area contributed by atoms with Gasteiger partial charge in [-0.2, -0.15) is 0 Å². The Balaban J connectivity index is 2.12. The molecule has 4 heteroatoms. The first-order valence-electron chi connectivity index (χ1n) is 6.33. The lowest BCUT2D eigenvalue weighted by atomic mass is 9.87. The minimum atomic E-state index is 0.530. The number of hydrogen-bond acceptors (Lipinski definition) is 3. The summed E-state index contributed by atoms with van der Waals surface area (Å²) in [5.41, 5.74) is 0.954. The van der Waals surface area contributed by atoms with Crippen LogP contribution in [-0.4, -0.2) is 16.0 Å². The summed E-state index contributed by atoms with van der Waals surface area (Å²) in [4.78, 5) is 8.60. The van der Waals surface area contributed by atoms with Crippen LogP contribution in [0.25, 0.3) is 0 Å². The molecule has 1 aliphatic carbocycles. The lowest BCUT2D eigenvalue weighted by Gasteiger charge is -2.28. The van der Waals surface area contributed by atoms with Crippen molar-refractivity contribution in [2.45, 2.75) is 52.5 Å². The maximum Gasteiger partial charge on any atom is 0.137 e. The molecular formula is C13H20ClN3. The molecule has 1 heterocycles. The Hall–Kier alpha value is -0.830. The van der Waals surface area contributed by atoms with Gasteiger partial charge >= 0.3 is 0 Å². The van der Waals surface area contributed by atoms with Gasteiger partial charge in [0.2, 0.25) is 0 Å². The van der Waals surface area contributed by atoms with Crippen molar-refractivity contribution in [3.05, 3.63) is 16.5 Å². The van der Waals surface area contributed by atoms with Crippen molar-refractivity contribution in [2.24, 2.45) is 5.92 Å². The number of aryl methyl sites for hydroxylation is 1. The molecule has 2 atom stereocenters. The molecule has 2 rings (SSSR count). The highest BCUT2D eigenvalue weighted by molar-refractivity contribution is 6.30. The molecule has 1 aromatic rings. The zero-order chi connectivity index (χ0) is 12.4. The first-order valence-corrected chi connectivity index (χ1v) is 6.71. The van der Waals surface area contributed by atoms with E-state index in [-0.39, 0.29) is 0 Å². The van der Waals surface area contributed by atoms with Crippen molar-refractivity contribution in [3.8, 4) is 0 Å². The van der Waals surface area contributed by atoms with E-state index in [2.05, 4.69) is 22.2 Å². The van der Waals surface area contributed by atoms with Crippen LogP contribution >= 0.6 is 11.6 Å². The van der Waals surface area contributed by atoms with Crippen molar-refractivity contribution in [3.63, 3.8) is 0 Å². The number of aromatic nitrogens is 2. The number of nitrogens with one attached hydrogen (secondary N) is 1. The summed E-state index contributed by atoms with van der Waals surface area (Å²) in [7, 11) is 0. The summed E-state index contributed by atoms with van der Waals surface area (Å²) < 4.78 is 0. The highest BCUT2D eigenvalue weighted by Gasteiger charge is 2.20. The third kappa shape index (κ3) is 3.09. The predicted molar refractivity (Wildman–Crippen MR) is 71.6 cm³/mol. The van der Waals surface area contributed by atoms with Crippen LogP contribution in [-0.2, 0) is 0 Å². The molecule has 0 spiro atoms. The lowest BCUT2D eigenvalue weighted by Crippen LogP contribution is -2.27. The molecule has 17 heavy (non-hydrogen) atoms. The fraction of sp³-hybridized carbons (Fsp3) is 0.692. The van der Waals surface area contributed by atoms with E-state index in [1.165, 1.54) is 25.7 Å². The molecule has 94 valence electrons. The largest absolute Gasteiger partial charge is 0.367 e. The van der Waals surface area contributed by atoms with Gasteiger partial charge < -0.3 is 5.32 Å². The molecule has 2 unspecified atom stereocenters. The molecule has 0 aliphatic heterocycles. The van der Waals surface area contributed by atoms with Gasteiger partial charge in [-0.1, -0.05) is 31.4 Å². The second-order valence-corrected chi connectivity index (χ2v) is 5.51.